The van der Waals surface area contributed by atoms with Crippen LogP contribution in [0.3, 0.4) is 0 Å². The fourth-order valence-electron chi connectivity index (χ4n) is 2.15. The highest BCUT2D eigenvalue weighted by molar-refractivity contribution is 6.37. The molecular weight excluding hydrogens is 393 g/mol. The monoisotopic (exact) mass is 411 g/mol. The van der Waals surface area contributed by atoms with Crippen LogP contribution in [0, 0.1) is 0 Å². The number of para-hydroxylation sites is 2. The van der Waals surface area contributed by atoms with Crippen molar-refractivity contribution in [3.63, 3.8) is 0 Å². The van der Waals surface area contributed by atoms with E-state index in [1.165, 1.54) is 0 Å². The Labute approximate surface area is 167 Å². The van der Waals surface area contributed by atoms with E-state index in [1.807, 2.05) is 6.92 Å². The van der Waals surface area contributed by atoms with Gasteiger partial charge in [-0.15, -0.1) is 0 Å². The Bertz CT molecular complexity index is 777. The average Bonchev–Trinajstić information content (AvgIpc) is 2.66. The first kappa shape index (κ1) is 20.9. The van der Waals surface area contributed by atoms with Crippen LogP contribution >= 0.6 is 23.2 Å². The summed E-state index contributed by atoms with van der Waals surface area (Å²) in [6.45, 7) is 2.06. The molecule has 0 saturated heterocycles. The lowest BCUT2D eigenvalue weighted by atomic mass is 10.2. The van der Waals surface area contributed by atoms with Gasteiger partial charge in [0, 0.05) is 0 Å². The molecule has 0 atom stereocenters. The maximum Gasteiger partial charge on any atom is 0.325 e. The van der Waals surface area contributed by atoms with Gasteiger partial charge in [0.2, 0.25) is 0 Å². The zero-order chi connectivity index (χ0) is 19.6. The maximum atomic E-state index is 12.2. The molecule has 0 spiro atoms. The van der Waals surface area contributed by atoms with Crippen LogP contribution in [0.1, 0.15) is 17.3 Å². The number of nitrogens with one attached hydrogen (secondary N) is 1. The zero-order valence-electron chi connectivity index (χ0n) is 14.7. The third-order valence-corrected chi connectivity index (χ3v) is 3.93. The molecule has 27 heavy (non-hydrogen) atoms. The molecule has 0 aromatic heterocycles. The lowest BCUT2D eigenvalue weighted by Crippen LogP contribution is -2.31. The van der Waals surface area contributed by atoms with Crippen molar-refractivity contribution in [2.75, 3.05) is 26.4 Å². The Morgan fingerprint density at radius 1 is 0.963 bits per heavy atom. The Kier molecular flexibility index (Phi) is 8.23. The van der Waals surface area contributed by atoms with Crippen molar-refractivity contribution in [1.82, 2.24) is 5.32 Å². The molecule has 144 valence electrons. The minimum Gasteiger partial charge on any atom is -0.493 e. The van der Waals surface area contributed by atoms with Gasteiger partial charge in [-0.05, 0) is 31.2 Å². The largest absolute Gasteiger partial charge is 0.493 e. The van der Waals surface area contributed by atoms with E-state index in [0.29, 0.717) is 33.7 Å². The molecule has 2 aromatic rings. The number of rotatable bonds is 9. The van der Waals surface area contributed by atoms with Crippen LogP contribution < -0.4 is 14.8 Å². The van der Waals surface area contributed by atoms with E-state index < -0.39 is 11.9 Å². The van der Waals surface area contributed by atoms with Crippen molar-refractivity contribution in [2.45, 2.75) is 6.92 Å². The highest BCUT2D eigenvalue weighted by Crippen LogP contribution is 2.32. The van der Waals surface area contributed by atoms with Gasteiger partial charge in [0.15, 0.2) is 5.75 Å². The molecule has 1 N–H and O–H groups in total. The van der Waals surface area contributed by atoms with E-state index in [9.17, 15) is 9.59 Å². The number of esters is 1. The fraction of sp³-hybridized carbons (Fsp3) is 0.263. The smallest absolute Gasteiger partial charge is 0.325 e. The molecule has 0 radical (unpaired) electrons. The lowest BCUT2D eigenvalue weighted by Gasteiger charge is -2.11. The number of carbonyl (C=O) groups is 2. The Morgan fingerprint density at radius 3 is 2.37 bits per heavy atom. The first-order valence-corrected chi connectivity index (χ1v) is 9.01. The molecule has 0 aliphatic heterocycles. The molecule has 0 bridgehead atoms. The van der Waals surface area contributed by atoms with E-state index in [0.717, 1.165) is 0 Å². The Morgan fingerprint density at radius 2 is 1.67 bits per heavy atom. The minimum atomic E-state index is -0.592. The maximum absolute atomic E-state index is 12.2. The van der Waals surface area contributed by atoms with E-state index >= 15 is 0 Å². The number of halogens is 2. The van der Waals surface area contributed by atoms with E-state index in [1.54, 1.807) is 42.5 Å². The van der Waals surface area contributed by atoms with Gasteiger partial charge < -0.3 is 19.5 Å². The van der Waals surface area contributed by atoms with Gasteiger partial charge in [0.1, 0.15) is 25.5 Å². The minimum absolute atomic E-state index is 0.00815. The Balaban J connectivity index is 1.74. The summed E-state index contributed by atoms with van der Waals surface area (Å²) in [6, 6.07) is 11.8. The van der Waals surface area contributed by atoms with Crippen LogP contribution in [0.15, 0.2) is 42.5 Å². The summed E-state index contributed by atoms with van der Waals surface area (Å²) in [5.41, 5.74) is 0.351. The summed E-state index contributed by atoms with van der Waals surface area (Å²) in [4.78, 5) is 23.9. The van der Waals surface area contributed by atoms with Gasteiger partial charge in [0.05, 0.1) is 22.2 Å². The van der Waals surface area contributed by atoms with Gasteiger partial charge in [-0.2, -0.15) is 0 Å². The molecule has 0 aliphatic carbocycles. The standard InChI is InChI=1S/C19H19Cl2NO5/c1-2-25-16-9-4-3-6-13(16)19(24)22-12-17(23)26-10-11-27-18-14(20)7-5-8-15(18)21/h3-9H,2,10-12H2,1H3,(H,22,24). The molecule has 0 saturated carbocycles. The summed E-state index contributed by atoms with van der Waals surface area (Å²) in [5, 5.41) is 3.24. The molecule has 6 nitrogen and oxygen atoms in total. The van der Waals surface area contributed by atoms with Gasteiger partial charge in [0.25, 0.3) is 5.91 Å². The predicted molar refractivity (Wildman–Crippen MR) is 103 cm³/mol. The van der Waals surface area contributed by atoms with Crippen LogP contribution in [-0.4, -0.2) is 38.2 Å². The zero-order valence-corrected chi connectivity index (χ0v) is 16.2. The number of hydrogen-bond acceptors (Lipinski definition) is 5. The van der Waals surface area contributed by atoms with Crippen molar-refractivity contribution in [3.05, 3.63) is 58.1 Å². The second-order valence-corrected chi connectivity index (χ2v) is 6.05. The molecule has 1 amide bonds. The van der Waals surface area contributed by atoms with Crippen LogP contribution in [0.4, 0.5) is 0 Å². The quantitative estimate of drug-likeness (QED) is 0.502. The first-order valence-electron chi connectivity index (χ1n) is 8.25. The summed E-state index contributed by atoms with van der Waals surface area (Å²) >= 11 is 11.9. The number of hydrogen-bond donors (Lipinski definition) is 1. The molecule has 8 heteroatoms. The van der Waals surface area contributed by atoms with E-state index in [2.05, 4.69) is 5.32 Å². The van der Waals surface area contributed by atoms with E-state index in [4.69, 9.17) is 37.4 Å². The first-order chi connectivity index (χ1) is 13.0. The second-order valence-electron chi connectivity index (χ2n) is 5.23. The predicted octanol–water partition coefficient (Wildman–Crippen LogP) is 3.74. The molecule has 0 fully saturated rings. The normalized spacial score (nSPS) is 10.2. The van der Waals surface area contributed by atoms with Gasteiger partial charge in [-0.1, -0.05) is 41.4 Å². The van der Waals surface area contributed by atoms with Crippen molar-refractivity contribution in [1.29, 1.82) is 0 Å². The third-order valence-electron chi connectivity index (χ3n) is 3.34. The number of ether oxygens (including phenoxy) is 3. The van der Waals surface area contributed by atoms with Crippen molar-refractivity contribution >= 4 is 35.1 Å². The number of amides is 1. The molecule has 0 heterocycles. The van der Waals surface area contributed by atoms with Gasteiger partial charge >= 0.3 is 5.97 Å². The van der Waals surface area contributed by atoms with Gasteiger partial charge in [-0.25, -0.2) is 0 Å². The summed E-state index contributed by atoms with van der Waals surface area (Å²) in [7, 11) is 0. The highest BCUT2D eigenvalue weighted by atomic mass is 35.5. The SMILES string of the molecule is CCOc1ccccc1C(=O)NCC(=O)OCCOc1c(Cl)cccc1Cl. The number of benzene rings is 2. The number of carbonyl (C=O) groups excluding carboxylic acids is 2. The molecular formula is C19H19Cl2NO5. The Hall–Kier alpha value is -2.44. The topological polar surface area (TPSA) is 73.9 Å². The summed E-state index contributed by atoms with van der Waals surface area (Å²) in [5.74, 6) is -0.227. The second kappa shape index (κ2) is 10.6. The molecule has 0 aliphatic rings. The van der Waals surface area contributed by atoms with Crippen LogP contribution in [-0.2, 0) is 9.53 Å². The van der Waals surface area contributed by atoms with Crippen molar-refractivity contribution in [2.24, 2.45) is 0 Å². The molecule has 2 rings (SSSR count). The van der Waals surface area contributed by atoms with Crippen molar-refractivity contribution in [3.8, 4) is 11.5 Å². The van der Waals surface area contributed by atoms with Crippen LogP contribution in [0.2, 0.25) is 10.0 Å². The third kappa shape index (κ3) is 6.34. The van der Waals surface area contributed by atoms with Crippen LogP contribution in [0.25, 0.3) is 0 Å². The molecule has 0 unspecified atom stereocenters. The van der Waals surface area contributed by atoms with Crippen molar-refractivity contribution < 1.29 is 23.8 Å². The summed E-state index contributed by atoms with van der Waals surface area (Å²) in [6.07, 6.45) is 0. The molecule has 2 aromatic carbocycles. The highest BCUT2D eigenvalue weighted by Gasteiger charge is 2.13. The average molecular weight is 412 g/mol. The van der Waals surface area contributed by atoms with Gasteiger partial charge in [-0.3, -0.25) is 9.59 Å². The van der Waals surface area contributed by atoms with E-state index in [-0.39, 0.29) is 19.8 Å². The lowest BCUT2D eigenvalue weighted by molar-refractivity contribution is -0.143. The van der Waals surface area contributed by atoms with Crippen LogP contribution in [0.5, 0.6) is 11.5 Å². The fourth-order valence-corrected chi connectivity index (χ4v) is 2.66. The summed E-state index contributed by atoms with van der Waals surface area (Å²) < 4.78 is 15.8.